The molecule has 0 saturated carbocycles. The fourth-order valence-electron chi connectivity index (χ4n) is 4.21. The van der Waals surface area contributed by atoms with E-state index >= 15 is 0 Å². The normalized spacial score (nSPS) is 18.2. The lowest BCUT2D eigenvalue weighted by Gasteiger charge is -2.33. The Bertz CT molecular complexity index is 1440. The van der Waals surface area contributed by atoms with E-state index in [2.05, 4.69) is 19.9 Å². The monoisotopic (exact) mass is 443 g/mol. The summed E-state index contributed by atoms with van der Waals surface area (Å²) in [5.74, 6) is -0.0844. The second-order valence-electron chi connectivity index (χ2n) is 7.71. The molecule has 0 saturated heterocycles. The third-order valence-electron chi connectivity index (χ3n) is 5.77. The van der Waals surface area contributed by atoms with Crippen LogP contribution in [0.3, 0.4) is 0 Å². The molecule has 1 spiro atoms. The van der Waals surface area contributed by atoms with Crippen LogP contribution in [0, 0.1) is 11.9 Å². The van der Waals surface area contributed by atoms with Gasteiger partial charge >= 0.3 is 0 Å². The lowest BCUT2D eigenvalue weighted by Crippen LogP contribution is -2.31. The Morgan fingerprint density at radius 1 is 0.788 bits per heavy atom. The van der Waals surface area contributed by atoms with Crippen molar-refractivity contribution >= 4 is 6.02 Å². The number of hydrogen-bond donors (Lipinski definition) is 1. The van der Waals surface area contributed by atoms with Crippen molar-refractivity contribution < 1.29 is 18.3 Å². The molecular formula is C24H15F2N5O2. The first-order valence-electron chi connectivity index (χ1n) is 10.1. The average molecular weight is 443 g/mol. The van der Waals surface area contributed by atoms with Gasteiger partial charge in [0.05, 0.1) is 11.9 Å². The third kappa shape index (κ3) is 3.08. The number of pyridine rings is 3. The summed E-state index contributed by atoms with van der Waals surface area (Å²) in [5, 5.41) is 0. The maximum Gasteiger partial charge on any atom is 0.283 e. The van der Waals surface area contributed by atoms with Crippen molar-refractivity contribution in [2.24, 2.45) is 10.7 Å². The first kappa shape index (κ1) is 19.3. The number of halogens is 2. The second-order valence-corrected chi connectivity index (χ2v) is 7.71. The molecule has 1 aromatic carbocycles. The molecule has 9 heteroatoms. The molecule has 0 unspecified atom stereocenters. The summed E-state index contributed by atoms with van der Waals surface area (Å²) in [6, 6.07) is 13.4. The van der Waals surface area contributed by atoms with Crippen molar-refractivity contribution in [1.29, 1.82) is 0 Å². The van der Waals surface area contributed by atoms with Gasteiger partial charge in [-0.2, -0.15) is 8.78 Å². The number of hydrogen-bond acceptors (Lipinski definition) is 7. The molecule has 33 heavy (non-hydrogen) atoms. The highest BCUT2D eigenvalue weighted by atomic mass is 19.1. The number of ether oxygens (including phenoxy) is 2. The average Bonchev–Trinajstić information content (AvgIpc) is 3.22. The van der Waals surface area contributed by atoms with Crippen molar-refractivity contribution in [2.75, 3.05) is 6.61 Å². The van der Waals surface area contributed by atoms with Gasteiger partial charge in [0.15, 0.2) is 11.3 Å². The Morgan fingerprint density at radius 3 is 2.39 bits per heavy atom. The van der Waals surface area contributed by atoms with Gasteiger partial charge in [-0.15, -0.1) is 0 Å². The van der Waals surface area contributed by atoms with E-state index in [1.54, 1.807) is 24.4 Å². The van der Waals surface area contributed by atoms with Crippen LogP contribution in [0.15, 0.2) is 72.1 Å². The molecule has 4 aromatic rings. The standard InChI is InChI=1S/C24H15F2N5O2/c25-21-4-2-15(10-30-21)13-1-3-19-16(7-13)24(12-32-23(27)31-24)17-9-18(29-11-20(17)33-19)14-5-6-28-22(26)8-14/h1-11H,12H2,(H2,27,31)/t24-/m0/s1. The summed E-state index contributed by atoms with van der Waals surface area (Å²) in [6.07, 6.45) is 4.42. The molecule has 162 valence electrons. The van der Waals surface area contributed by atoms with Crippen LogP contribution in [-0.2, 0) is 10.3 Å². The van der Waals surface area contributed by atoms with Crippen LogP contribution in [0.25, 0.3) is 22.4 Å². The molecule has 0 amide bonds. The first-order valence-corrected chi connectivity index (χ1v) is 10.1. The van der Waals surface area contributed by atoms with Crippen LogP contribution in [0.1, 0.15) is 11.1 Å². The Balaban J connectivity index is 1.54. The second kappa shape index (κ2) is 7.06. The van der Waals surface area contributed by atoms with Gasteiger partial charge in [0, 0.05) is 40.7 Å². The van der Waals surface area contributed by atoms with Crippen LogP contribution < -0.4 is 10.5 Å². The Morgan fingerprint density at radius 2 is 1.64 bits per heavy atom. The van der Waals surface area contributed by atoms with Crippen molar-refractivity contribution in [3.05, 3.63) is 90.1 Å². The predicted molar refractivity (Wildman–Crippen MR) is 115 cm³/mol. The van der Waals surface area contributed by atoms with Crippen LogP contribution in [-0.4, -0.2) is 27.6 Å². The van der Waals surface area contributed by atoms with Gasteiger partial charge in [0.2, 0.25) is 11.9 Å². The zero-order chi connectivity index (χ0) is 22.6. The number of nitrogens with two attached hydrogens (primary N) is 1. The number of amidine groups is 1. The van der Waals surface area contributed by atoms with Gasteiger partial charge < -0.3 is 15.2 Å². The number of nitrogens with zero attached hydrogens (tertiary/aromatic N) is 4. The first-order chi connectivity index (χ1) is 16.0. The topological polar surface area (TPSA) is 95.5 Å². The molecular weight excluding hydrogens is 428 g/mol. The van der Waals surface area contributed by atoms with E-state index in [0.29, 0.717) is 28.3 Å². The molecule has 2 aliphatic heterocycles. The van der Waals surface area contributed by atoms with Crippen LogP contribution in [0.5, 0.6) is 11.5 Å². The molecule has 5 heterocycles. The molecule has 7 nitrogen and oxygen atoms in total. The van der Waals surface area contributed by atoms with Gasteiger partial charge in [-0.05, 0) is 42.0 Å². The molecule has 2 N–H and O–H groups in total. The molecule has 3 aromatic heterocycles. The van der Waals surface area contributed by atoms with Crippen LogP contribution in [0.4, 0.5) is 8.78 Å². The SMILES string of the molecule is NC1=N[C@@]2(CO1)c1cc(-c3ccc(F)nc3)ccc1Oc1cnc(-c3ccnc(F)c3)cc12. The zero-order valence-electron chi connectivity index (χ0n) is 17.0. The molecule has 0 aliphatic carbocycles. The largest absolute Gasteiger partial charge is 0.462 e. The third-order valence-corrected chi connectivity index (χ3v) is 5.77. The predicted octanol–water partition coefficient (Wildman–Crippen LogP) is 4.18. The highest BCUT2D eigenvalue weighted by molar-refractivity contribution is 5.78. The van der Waals surface area contributed by atoms with Crippen LogP contribution in [0.2, 0.25) is 0 Å². The van der Waals surface area contributed by atoms with Gasteiger partial charge in [0.25, 0.3) is 6.02 Å². The van der Waals surface area contributed by atoms with Gasteiger partial charge in [-0.3, -0.25) is 4.98 Å². The van der Waals surface area contributed by atoms with E-state index in [-0.39, 0.29) is 12.6 Å². The number of aliphatic imine (C=N–C) groups is 1. The molecule has 2 aliphatic rings. The Labute approximate surface area is 186 Å². The maximum absolute atomic E-state index is 13.7. The minimum atomic E-state index is -0.986. The van der Waals surface area contributed by atoms with Crippen molar-refractivity contribution in [3.8, 4) is 33.9 Å². The molecule has 6 rings (SSSR count). The molecule has 0 radical (unpaired) electrons. The van der Waals surface area contributed by atoms with Gasteiger partial charge in [-0.25, -0.2) is 15.0 Å². The zero-order valence-corrected chi connectivity index (χ0v) is 17.0. The van der Waals surface area contributed by atoms with E-state index in [1.165, 1.54) is 24.5 Å². The Kier molecular flexibility index (Phi) is 4.13. The summed E-state index contributed by atoms with van der Waals surface area (Å²) in [5.41, 5.74) is 9.02. The fraction of sp³-hybridized carbons (Fsp3) is 0.0833. The fourth-order valence-corrected chi connectivity index (χ4v) is 4.21. The highest BCUT2D eigenvalue weighted by Gasteiger charge is 2.47. The number of benzene rings is 1. The van der Waals surface area contributed by atoms with Crippen LogP contribution >= 0.6 is 0 Å². The van der Waals surface area contributed by atoms with E-state index in [4.69, 9.17) is 15.2 Å². The molecule has 0 bridgehead atoms. The molecule has 1 atom stereocenters. The lowest BCUT2D eigenvalue weighted by molar-refractivity contribution is 0.264. The lowest BCUT2D eigenvalue weighted by atomic mass is 9.80. The van der Waals surface area contributed by atoms with Gasteiger partial charge in [0.1, 0.15) is 12.4 Å². The van der Waals surface area contributed by atoms with Gasteiger partial charge in [-0.1, -0.05) is 6.07 Å². The summed E-state index contributed by atoms with van der Waals surface area (Å²) in [4.78, 5) is 16.4. The van der Waals surface area contributed by atoms with Crippen molar-refractivity contribution in [2.45, 2.75) is 5.54 Å². The maximum atomic E-state index is 13.7. The summed E-state index contributed by atoms with van der Waals surface area (Å²) in [6.45, 7) is 0.154. The van der Waals surface area contributed by atoms with Crippen molar-refractivity contribution in [1.82, 2.24) is 15.0 Å². The minimum Gasteiger partial charge on any atom is -0.462 e. The minimum absolute atomic E-state index is 0.0518. The van der Waals surface area contributed by atoms with E-state index < -0.39 is 17.4 Å². The van der Waals surface area contributed by atoms with E-state index in [9.17, 15) is 8.78 Å². The van der Waals surface area contributed by atoms with Crippen molar-refractivity contribution in [3.63, 3.8) is 0 Å². The summed E-state index contributed by atoms with van der Waals surface area (Å²) < 4.78 is 38.8. The molecule has 0 fully saturated rings. The quantitative estimate of drug-likeness (QED) is 0.467. The highest BCUT2D eigenvalue weighted by Crippen LogP contribution is 2.52. The summed E-state index contributed by atoms with van der Waals surface area (Å²) >= 11 is 0. The number of aromatic nitrogens is 3. The van der Waals surface area contributed by atoms with E-state index in [1.807, 2.05) is 18.2 Å². The van der Waals surface area contributed by atoms with E-state index in [0.717, 1.165) is 16.7 Å². The summed E-state index contributed by atoms with van der Waals surface area (Å²) in [7, 11) is 0. The Hall–Kier alpha value is -4.40. The number of fused-ring (bicyclic) bond motifs is 4. The number of rotatable bonds is 2. The smallest absolute Gasteiger partial charge is 0.283 e.